The normalized spacial score (nSPS) is 21.8. The first-order valence-corrected chi connectivity index (χ1v) is 8.33. The van der Waals surface area contributed by atoms with Crippen molar-refractivity contribution in [1.29, 1.82) is 0 Å². The van der Waals surface area contributed by atoms with Crippen LogP contribution in [-0.2, 0) is 0 Å². The summed E-state index contributed by atoms with van der Waals surface area (Å²) in [5.41, 5.74) is -0.200. The molecule has 1 aliphatic rings. The Morgan fingerprint density at radius 3 is 2.81 bits per heavy atom. The van der Waals surface area contributed by atoms with Crippen LogP contribution in [0, 0.1) is 16.0 Å². The van der Waals surface area contributed by atoms with E-state index < -0.39 is 10.8 Å². The van der Waals surface area contributed by atoms with Crippen molar-refractivity contribution in [1.82, 2.24) is 5.32 Å². The zero-order valence-electron chi connectivity index (χ0n) is 11.4. The van der Waals surface area contributed by atoms with Gasteiger partial charge >= 0.3 is 0 Å². The average molecular weight is 376 g/mol. The van der Waals surface area contributed by atoms with E-state index in [4.69, 9.17) is 11.6 Å². The molecule has 0 radical (unpaired) electrons. The number of hydrogen-bond acceptors (Lipinski definition) is 3. The molecule has 1 N–H and O–H groups in total. The van der Waals surface area contributed by atoms with E-state index in [0.717, 1.165) is 31.0 Å². The lowest BCUT2D eigenvalue weighted by molar-refractivity contribution is -0.385. The number of nitrogens with zero attached hydrogens (tertiary/aromatic N) is 1. The first-order chi connectivity index (χ1) is 10.0. The number of hydrogen-bond donors (Lipinski definition) is 1. The van der Waals surface area contributed by atoms with Crippen LogP contribution in [-0.4, -0.2) is 22.2 Å². The Morgan fingerprint density at radius 1 is 1.43 bits per heavy atom. The summed E-state index contributed by atoms with van der Waals surface area (Å²) in [5.74, 6) is -0.0667. The molecule has 1 amide bonds. The molecule has 0 bridgehead atoms. The van der Waals surface area contributed by atoms with E-state index in [-0.39, 0.29) is 17.3 Å². The smallest absolute Gasteiger partial charge is 0.282 e. The molecule has 114 valence electrons. The van der Waals surface area contributed by atoms with Crippen molar-refractivity contribution in [3.63, 3.8) is 0 Å². The molecular weight excluding hydrogens is 360 g/mol. The summed E-state index contributed by atoms with van der Waals surface area (Å²) in [6.45, 7) is 0. The molecule has 0 spiro atoms. The summed E-state index contributed by atoms with van der Waals surface area (Å²) in [4.78, 5) is 22.8. The Labute approximate surface area is 136 Å². The molecule has 1 aliphatic carbocycles. The summed E-state index contributed by atoms with van der Waals surface area (Å²) >= 11 is 9.32. The third-order valence-corrected chi connectivity index (χ3v) is 4.89. The molecule has 2 atom stereocenters. The maximum Gasteiger partial charge on any atom is 0.282 e. The van der Waals surface area contributed by atoms with Gasteiger partial charge in [0.1, 0.15) is 5.56 Å². The number of nitrogens with one attached hydrogen (secondary N) is 1. The van der Waals surface area contributed by atoms with E-state index in [1.165, 1.54) is 18.2 Å². The number of carbonyl (C=O) groups excluding carboxylic acids is 1. The Balaban J connectivity index is 2.19. The number of amides is 1. The van der Waals surface area contributed by atoms with Crippen molar-refractivity contribution < 1.29 is 9.72 Å². The van der Waals surface area contributed by atoms with Gasteiger partial charge in [-0.1, -0.05) is 40.4 Å². The predicted octanol–water partition coefficient (Wildman–Crippen LogP) is 3.93. The highest BCUT2D eigenvalue weighted by Gasteiger charge is 2.28. The lowest BCUT2D eigenvalue weighted by Gasteiger charge is -2.30. The number of nitro groups is 1. The minimum atomic E-state index is -0.561. The van der Waals surface area contributed by atoms with Gasteiger partial charge in [0.15, 0.2) is 0 Å². The monoisotopic (exact) mass is 374 g/mol. The van der Waals surface area contributed by atoms with Gasteiger partial charge in [-0.25, -0.2) is 0 Å². The maximum atomic E-state index is 12.4. The number of benzene rings is 1. The Morgan fingerprint density at radius 2 is 2.14 bits per heavy atom. The van der Waals surface area contributed by atoms with Gasteiger partial charge in [0, 0.05) is 22.5 Å². The van der Waals surface area contributed by atoms with Gasteiger partial charge in [0.05, 0.1) is 4.92 Å². The lowest BCUT2D eigenvalue weighted by atomic mass is 9.85. The fourth-order valence-corrected chi connectivity index (χ4v) is 3.62. The Bertz CT molecular complexity index is 553. The van der Waals surface area contributed by atoms with Crippen LogP contribution in [0.15, 0.2) is 18.2 Å². The van der Waals surface area contributed by atoms with Gasteiger partial charge in [-0.15, -0.1) is 0 Å². The maximum absolute atomic E-state index is 12.4. The van der Waals surface area contributed by atoms with Crippen LogP contribution >= 0.6 is 27.5 Å². The second-order valence-corrected chi connectivity index (χ2v) is 6.28. The Hall–Kier alpha value is -1.14. The van der Waals surface area contributed by atoms with E-state index in [0.29, 0.717) is 10.9 Å². The number of nitro benzene ring substituents is 1. The summed E-state index contributed by atoms with van der Waals surface area (Å²) in [6, 6.07) is 4.07. The number of rotatable bonds is 4. The SMILES string of the molecule is O=C(NC1CCCCC1CBr)c1cc(Cl)ccc1[N+](=O)[O-]. The average Bonchev–Trinajstić information content (AvgIpc) is 2.47. The summed E-state index contributed by atoms with van der Waals surface area (Å²) in [6.07, 6.45) is 4.16. The van der Waals surface area contributed by atoms with E-state index in [2.05, 4.69) is 21.2 Å². The second-order valence-electron chi connectivity index (χ2n) is 5.20. The molecule has 7 heteroatoms. The molecule has 1 saturated carbocycles. The zero-order valence-corrected chi connectivity index (χ0v) is 13.7. The first-order valence-electron chi connectivity index (χ1n) is 6.83. The van der Waals surface area contributed by atoms with Crippen LogP contribution in [0.1, 0.15) is 36.0 Å². The third kappa shape index (κ3) is 3.95. The van der Waals surface area contributed by atoms with Crippen molar-refractivity contribution in [2.24, 2.45) is 5.92 Å². The van der Waals surface area contributed by atoms with E-state index >= 15 is 0 Å². The predicted molar refractivity (Wildman–Crippen MR) is 85.1 cm³/mol. The molecule has 0 heterocycles. The fraction of sp³-hybridized carbons (Fsp3) is 0.500. The highest BCUT2D eigenvalue weighted by atomic mass is 79.9. The molecule has 1 aromatic rings. The third-order valence-electron chi connectivity index (χ3n) is 3.82. The quantitative estimate of drug-likeness (QED) is 0.492. The molecule has 0 aliphatic heterocycles. The van der Waals surface area contributed by atoms with Crippen molar-refractivity contribution in [2.75, 3.05) is 5.33 Å². The van der Waals surface area contributed by atoms with Crippen molar-refractivity contribution in [3.05, 3.63) is 38.9 Å². The number of halogens is 2. The first kappa shape index (κ1) is 16.2. The van der Waals surface area contributed by atoms with Crippen LogP contribution in [0.5, 0.6) is 0 Å². The topological polar surface area (TPSA) is 72.2 Å². The molecule has 2 unspecified atom stereocenters. The van der Waals surface area contributed by atoms with Gasteiger partial charge in [-0.2, -0.15) is 0 Å². The molecule has 2 rings (SSSR count). The lowest BCUT2D eigenvalue weighted by Crippen LogP contribution is -2.42. The Kier molecular flexibility index (Phi) is 5.58. The van der Waals surface area contributed by atoms with Crippen LogP contribution in [0.2, 0.25) is 5.02 Å². The van der Waals surface area contributed by atoms with E-state index in [1.807, 2.05) is 0 Å². The van der Waals surface area contributed by atoms with E-state index in [1.54, 1.807) is 0 Å². The van der Waals surface area contributed by atoms with Crippen molar-refractivity contribution in [2.45, 2.75) is 31.7 Å². The summed E-state index contributed by atoms with van der Waals surface area (Å²) in [5, 5.41) is 15.1. The van der Waals surface area contributed by atoms with Crippen LogP contribution < -0.4 is 5.32 Å². The minimum Gasteiger partial charge on any atom is -0.349 e. The second kappa shape index (κ2) is 7.22. The van der Waals surface area contributed by atoms with Gasteiger partial charge in [-0.3, -0.25) is 14.9 Å². The molecule has 0 saturated heterocycles. The van der Waals surface area contributed by atoms with Crippen molar-refractivity contribution in [3.8, 4) is 0 Å². The van der Waals surface area contributed by atoms with Gasteiger partial charge in [0.2, 0.25) is 0 Å². The molecule has 21 heavy (non-hydrogen) atoms. The standard InChI is InChI=1S/C14H16BrClN2O3/c15-8-9-3-1-2-4-12(9)17-14(19)11-7-10(16)5-6-13(11)18(20)21/h5-7,9,12H,1-4,8H2,(H,17,19). The summed E-state index contributed by atoms with van der Waals surface area (Å²) in [7, 11) is 0. The van der Waals surface area contributed by atoms with Gasteiger partial charge in [-0.05, 0) is 30.9 Å². The van der Waals surface area contributed by atoms with Crippen molar-refractivity contribution >= 4 is 39.1 Å². The molecule has 0 aromatic heterocycles. The highest BCUT2D eigenvalue weighted by molar-refractivity contribution is 9.09. The van der Waals surface area contributed by atoms with Crippen LogP contribution in [0.3, 0.4) is 0 Å². The highest BCUT2D eigenvalue weighted by Crippen LogP contribution is 2.27. The van der Waals surface area contributed by atoms with Gasteiger partial charge in [0.25, 0.3) is 11.6 Å². The molecule has 5 nitrogen and oxygen atoms in total. The minimum absolute atomic E-state index is 0.0198. The fourth-order valence-electron chi connectivity index (χ4n) is 2.68. The zero-order chi connectivity index (χ0) is 15.4. The number of alkyl halides is 1. The van der Waals surface area contributed by atoms with Gasteiger partial charge < -0.3 is 5.32 Å². The molecule has 1 aromatic carbocycles. The summed E-state index contributed by atoms with van der Waals surface area (Å²) < 4.78 is 0. The number of carbonyl (C=O) groups is 1. The van der Waals surface area contributed by atoms with Crippen LogP contribution in [0.4, 0.5) is 5.69 Å². The molecule has 1 fully saturated rings. The largest absolute Gasteiger partial charge is 0.349 e. The van der Waals surface area contributed by atoms with E-state index in [9.17, 15) is 14.9 Å². The van der Waals surface area contributed by atoms with Crippen LogP contribution in [0.25, 0.3) is 0 Å². The molecular formula is C14H16BrClN2O3.